The molecule has 1 amide bonds. The number of aromatic nitrogens is 2. The molecule has 25 heavy (non-hydrogen) atoms. The Morgan fingerprint density at radius 2 is 1.92 bits per heavy atom. The molecule has 132 valence electrons. The summed E-state index contributed by atoms with van der Waals surface area (Å²) in [5.41, 5.74) is 1.80. The highest BCUT2D eigenvalue weighted by Gasteiger charge is 2.36. The monoisotopic (exact) mass is 360 g/mol. The van der Waals surface area contributed by atoms with Crippen LogP contribution in [0.25, 0.3) is 0 Å². The zero-order valence-electron chi connectivity index (χ0n) is 13.7. The van der Waals surface area contributed by atoms with Crippen molar-refractivity contribution in [3.63, 3.8) is 0 Å². The highest BCUT2D eigenvalue weighted by atomic mass is 32.2. The number of carbonyl (C=O) groups excluding carboxylic acids is 1. The number of nitrogens with one attached hydrogen (secondary N) is 2. The number of benzene rings is 1. The molecule has 1 saturated heterocycles. The molecule has 2 N–H and O–H groups in total. The first kappa shape index (κ1) is 16.3. The molecule has 3 heterocycles. The number of hydrogen-bond donors (Lipinski definition) is 2. The molecule has 0 aliphatic carbocycles. The average Bonchev–Trinajstić information content (AvgIpc) is 3.15. The summed E-state index contributed by atoms with van der Waals surface area (Å²) >= 11 is 0. The minimum atomic E-state index is -3.63. The Kier molecular flexibility index (Phi) is 4.09. The summed E-state index contributed by atoms with van der Waals surface area (Å²) in [6.07, 6.45) is 3.84. The Morgan fingerprint density at radius 1 is 1.16 bits per heavy atom. The number of nitrogens with zero attached hydrogens (tertiary/aromatic N) is 2. The Morgan fingerprint density at radius 3 is 2.64 bits per heavy atom. The maximum absolute atomic E-state index is 12.8. The minimum Gasteiger partial charge on any atom is -0.341 e. The van der Waals surface area contributed by atoms with E-state index >= 15 is 0 Å². The SMILES string of the molecule is O=C([C@@H]1Cc2ccccc2S(=O)(=O)N1)N1CCC(c2ccn[nH]2)CC1. The number of hydrogen-bond acceptors (Lipinski definition) is 4. The molecule has 2 aromatic rings. The predicted molar refractivity (Wildman–Crippen MR) is 91.4 cm³/mol. The first-order valence-electron chi connectivity index (χ1n) is 8.43. The molecule has 0 bridgehead atoms. The molecule has 0 radical (unpaired) electrons. The van der Waals surface area contributed by atoms with Gasteiger partial charge in [-0.3, -0.25) is 9.89 Å². The standard InChI is InChI=1S/C17H20N4O3S/c22-17(21-9-6-12(7-10-21)14-5-8-18-19-14)15-11-13-3-1-2-4-16(13)25(23,24)20-15/h1-5,8,12,15,20H,6-7,9-11H2,(H,18,19)/t15-/m0/s1. The van der Waals surface area contributed by atoms with E-state index in [0.717, 1.165) is 18.5 Å². The lowest BCUT2D eigenvalue weighted by Gasteiger charge is -2.35. The first-order chi connectivity index (χ1) is 12.0. The van der Waals surface area contributed by atoms with Gasteiger partial charge in [-0.25, -0.2) is 8.42 Å². The Hall–Kier alpha value is -2.19. The van der Waals surface area contributed by atoms with E-state index in [4.69, 9.17) is 0 Å². The molecule has 0 spiro atoms. The minimum absolute atomic E-state index is 0.138. The number of sulfonamides is 1. The van der Waals surface area contributed by atoms with Crippen LogP contribution in [0.15, 0.2) is 41.4 Å². The van der Waals surface area contributed by atoms with Gasteiger partial charge in [-0.15, -0.1) is 0 Å². The van der Waals surface area contributed by atoms with Gasteiger partial charge in [0.05, 0.1) is 4.90 Å². The second-order valence-corrected chi connectivity index (χ2v) is 8.28. The Balaban J connectivity index is 1.46. The fourth-order valence-corrected chi connectivity index (χ4v) is 5.15. The third-order valence-corrected chi connectivity index (χ3v) is 6.62. The van der Waals surface area contributed by atoms with E-state index in [0.29, 0.717) is 31.0 Å². The van der Waals surface area contributed by atoms with Crippen molar-refractivity contribution < 1.29 is 13.2 Å². The van der Waals surface area contributed by atoms with Crippen molar-refractivity contribution in [2.24, 2.45) is 0 Å². The third kappa shape index (κ3) is 3.07. The zero-order valence-corrected chi connectivity index (χ0v) is 14.5. The van der Waals surface area contributed by atoms with E-state index in [9.17, 15) is 13.2 Å². The van der Waals surface area contributed by atoms with Gasteiger partial charge in [-0.1, -0.05) is 18.2 Å². The quantitative estimate of drug-likeness (QED) is 0.836. The van der Waals surface area contributed by atoms with Crippen LogP contribution in [0.3, 0.4) is 0 Å². The lowest BCUT2D eigenvalue weighted by atomic mass is 9.93. The van der Waals surface area contributed by atoms with Gasteiger partial charge in [0, 0.05) is 30.9 Å². The van der Waals surface area contributed by atoms with Crippen LogP contribution in [0, 0.1) is 0 Å². The molecule has 8 heteroatoms. The molecular formula is C17H20N4O3S. The van der Waals surface area contributed by atoms with Crippen molar-refractivity contribution in [2.45, 2.75) is 36.1 Å². The van der Waals surface area contributed by atoms with Crippen LogP contribution in [0.4, 0.5) is 0 Å². The fourth-order valence-electron chi connectivity index (χ4n) is 3.71. The lowest BCUT2D eigenvalue weighted by Crippen LogP contribution is -2.53. The largest absolute Gasteiger partial charge is 0.341 e. The highest BCUT2D eigenvalue weighted by Crippen LogP contribution is 2.28. The predicted octanol–water partition coefficient (Wildman–Crippen LogP) is 1.02. The highest BCUT2D eigenvalue weighted by molar-refractivity contribution is 7.89. The molecule has 2 aliphatic rings. The molecule has 1 aromatic carbocycles. The molecule has 7 nitrogen and oxygen atoms in total. The number of fused-ring (bicyclic) bond motifs is 1. The summed E-state index contributed by atoms with van der Waals surface area (Å²) in [5.74, 6) is 0.233. The Bertz CT molecular complexity index is 871. The van der Waals surface area contributed by atoms with Crippen molar-refractivity contribution in [3.05, 3.63) is 47.8 Å². The number of H-pyrrole nitrogens is 1. The van der Waals surface area contributed by atoms with Crippen molar-refractivity contribution in [1.29, 1.82) is 0 Å². The van der Waals surface area contributed by atoms with Gasteiger partial charge in [-0.2, -0.15) is 9.82 Å². The maximum atomic E-state index is 12.8. The van der Waals surface area contributed by atoms with E-state index in [1.807, 2.05) is 6.07 Å². The average molecular weight is 360 g/mol. The van der Waals surface area contributed by atoms with Crippen LogP contribution < -0.4 is 4.72 Å². The van der Waals surface area contributed by atoms with E-state index in [-0.39, 0.29) is 10.8 Å². The smallest absolute Gasteiger partial charge is 0.241 e. The number of rotatable bonds is 2. The van der Waals surface area contributed by atoms with Crippen LogP contribution in [0.5, 0.6) is 0 Å². The van der Waals surface area contributed by atoms with E-state index < -0.39 is 16.1 Å². The van der Waals surface area contributed by atoms with Crippen LogP contribution >= 0.6 is 0 Å². The Labute approximate surface area is 146 Å². The molecule has 4 rings (SSSR count). The lowest BCUT2D eigenvalue weighted by molar-refractivity contribution is -0.134. The van der Waals surface area contributed by atoms with Gasteiger partial charge in [0.2, 0.25) is 15.9 Å². The van der Waals surface area contributed by atoms with E-state index in [1.165, 1.54) is 0 Å². The number of aromatic amines is 1. The summed E-state index contributed by atoms with van der Waals surface area (Å²) in [6.45, 7) is 1.25. The number of carbonyl (C=O) groups is 1. The van der Waals surface area contributed by atoms with Gasteiger partial charge in [-0.05, 0) is 37.0 Å². The summed E-state index contributed by atoms with van der Waals surface area (Å²) < 4.78 is 27.3. The van der Waals surface area contributed by atoms with Crippen LogP contribution in [0.1, 0.15) is 30.0 Å². The van der Waals surface area contributed by atoms with Gasteiger partial charge in [0.25, 0.3) is 0 Å². The summed E-state index contributed by atoms with van der Waals surface area (Å²) in [5, 5.41) is 6.97. The normalized spacial score (nSPS) is 23.2. The molecule has 0 saturated carbocycles. The van der Waals surface area contributed by atoms with E-state index in [2.05, 4.69) is 14.9 Å². The van der Waals surface area contributed by atoms with Crippen molar-refractivity contribution in [2.75, 3.05) is 13.1 Å². The van der Waals surface area contributed by atoms with Crippen molar-refractivity contribution in [3.8, 4) is 0 Å². The zero-order chi connectivity index (χ0) is 17.4. The van der Waals surface area contributed by atoms with Gasteiger partial charge in [0.15, 0.2) is 0 Å². The molecule has 2 aliphatic heterocycles. The van der Waals surface area contributed by atoms with Crippen molar-refractivity contribution in [1.82, 2.24) is 19.8 Å². The number of amides is 1. The number of likely N-dealkylation sites (tertiary alicyclic amines) is 1. The third-order valence-electron chi connectivity index (χ3n) is 5.05. The topological polar surface area (TPSA) is 95.2 Å². The summed E-state index contributed by atoms with van der Waals surface area (Å²) in [7, 11) is -3.63. The molecule has 1 aromatic heterocycles. The van der Waals surface area contributed by atoms with Crippen molar-refractivity contribution >= 4 is 15.9 Å². The second-order valence-electron chi connectivity index (χ2n) is 6.60. The van der Waals surface area contributed by atoms with Gasteiger partial charge >= 0.3 is 0 Å². The number of piperidine rings is 1. The maximum Gasteiger partial charge on any atom is 0.241 e. The van der Waals surface area contributed by atoms with Crippen LogP contribution in [-0.2, 0) is 21.2 Å². The second kappa shape index (κ2) is 6.27. The molecule has 1 fully saturated rings. The van der Waals surface area contributed by atoms with Crippen LogP contribution in [-0.4, -0.2) is 48.6 Å². The molecule has 0 unspecified atom stereocenters. The van der Waals surface area contributed by atoms with Gasteiger partial charge < -0.3 is 4.90 Å². The fraction of sp³-hybridized carbons (Fsp3) is 0.412. The summed E-state index contributed by atoms with van der Waals surface area (Å²) in [4.78, 5) is 14.9. The molecule has 1 atom stereocenters. The summed E-state index contributed by atoms with van der Waals surface area (Å²) in [6, 6.07) is 8.10. The van der Waals surface area contributed by atoms with E-state index in [1.54, 1.807) is 35.4 Å². The first-order valence-corrected chi connectivity index (χ1v) is 9.91. The van der Waals surface area contributed by atoms with Gasteiger partial charge in [0.1, 0.15) is 6.04 Å². The molecular weight excluding hydrogens is 340 g/mol. The van der Waals surface area contributed by atoms with Crippen LogP contribution in [0.2, 0.25) is 0 Å².